The van der Waals surface area contributed by atoms with Gasteiger partial charge in [-0.25, -0.2) is 9.97 Å². The second kappa shape index (κ2) is 6.57. The van der Waals surface area contributed by atoms with E-state index >= 15 is 0 Å². The third-order valence-corrected chi connectivity index (χ3v) is 5.29. The molecule has 1 amide bonds. The van der Waals surface area contributed by atoms with Gasteiger partial charge < -0.3 is 0 Å². The Morgan fingerprint density at radius 1 is 1.12 bits per heavy atom. The molecular weight excluding hydrogens is 320 g/mol. The van der Waals surface area contributed by atoms with Crippen LogP contribution in [0.15, 0.2) is 42.9 Å². The van der Waals surface area contributed by atoms with Crippen LogP contribution in [0.2, 0.25) is 0 Å². The zero-order chi connectivity index (χ0) is 16.4. The van der Waals surface area contributed by atoms with E-state index in [4.69, 9.17) is 0 Å². The van der Waals surface area contributed by atoms with Crippen molar-refractivity contribution < 1.29 is 4.79 Å². The molecular formula is C18H18N4OS. The molecule has 0 saturated heterocycles. The molecule has 6 heteroatoms. The summed E-state index contributed by atoms with van der Waals surface area (Å²) in [5, 5.41) is 3.63. The predicted molar refractivity (Wildman–Crippen MR) is 94.9 cm³/mol. The number of imidazole rings is 1. The first-order valence-corrected chi connectivity index (χ1v) is 9.00. The number of carbonyl (C=O) groups excluding carboxylic acids is 1. The van der Waals surface area contributed by atoms with E-state index in [-0.39, 0.29) is 5.91 Å². The molecule has 3 aromatic rings. The van der Waals surface area contributed by atoms with Crippen molar-refractivity contribution in [2.24, 2.45) is 0 Å². The van der Waals surface area contributed by atoms with Gasteiger partial charge in [-0.15, -0.1) is 11.3 Å². The number of carbonyl (C=O) groups is 1. The summed E-state index contributed by atoms with van der Waals surface area (Å²) in [6.07, 6.45) is 8.99. The molecule has 1 aliphatic carbocycles. The first-order chi connectivity index (χ1) is 11.8. The maximum Gasteiger partial charge on any atom is 0.276 e. The summed E-state index contributed by atoms with van der Waals surface area (Å²) in [5.74, 6) is -0.180. The molecule has 4 rings (SSSR count). The van der Waals surface area contributed by atoms with E-state index in [0.29, 0.717) is 10.8 Å². The van der Waals surface area contributed by atoms with Gasteiger partial charge >= 0.3 is 0 Å². The minimum atomic E-state index is -0.180. The summed E-state index contributed by atoms with van der Waals surface area (Å²) in [5.41, 5.74) is 2.58. The standard InChI is InChI=1S/C18H18N4OS/c23-17(15-11-19-12-22(15)13-7-3-1-4-8-13)21-18-20-14-9-5-2-6-10-16(14)24-18/h1,3-4,7-8,11-12H,2,5-6,9-10H2,(H,20,21,23). The van der Waals surface area contributed by atoms with Gasteiger partial charge in [-0.1, -0.05) is 24.6 Å². The summed E-state index contributed by atoms with van der Waals surface area (Å²) in [6, 6.07) is 9.72. The number of nitrogens with zero attached hydrogens (tertiary/aromatic N) is 3. The molecule has 2 heterocycles. The second-order valence-corrected chi connectivity index (χ2v) is 6.97. The molecule has 0 spiro atoms. The zero-order valence-corrected chi connectivity index (χ0v) is 14.1. The van der Waals surface area contributed by atoms with E-state index in [1.54, 1.807) is 28.4 Å². The van der Waals surface area contributed by atoms with Gasteiger partial charge in [-0.2, -0.15) is 0 Å². The first kappa shape index (κ1) is 15.1. The summed E-state index contributed by atoms with van der Waals surface area (Å²) >= 11 is 1.60. The molecule has 24 heavy (non-hydrogen) atoms. The maximum absolute atomic E-state index is 12.6. The minimum Gasteiger partial charge on any atom is -0.296 e. The van der Waals surface area contributed by atoms with Crippen molar-refractivity contribution in [3.8, 4) is 5.69 Å². The third-order valence-electron chi connectivity index (χ3n) is 4.22. The number of para-hydroxylation sites is 1. The van der Waals surface area contributed by atoms with E-state index in [1.165, 1.54) is 24.1 Å². The molecule has 0 aliphatic heterocycles. The number of rotatable bonds is 3. The summed E-state index contributed by atoms with van der Waals surface area (Å²) in [4.78, 5) is 22.7. The summed E-state index contributed by atoms with van der Waals surface area (Å²) in [6.45, 7) is 0. The van der Waals surface area contributed by atoms with E-state index < -0.39 is 0 Å². The van der Waals surface area contributed by atoms with Crippen LogP contribution >= 0.6 is 11.3 Å². The highest BCUT2D eigenvalue weighted by Gasteiger charge is 2.18. The second-order valence-electron chi connectivity index (χ2n) is 5.89. The van der Waals surface area contributed by atoms with Gasteiger partial charge in [0.25, 0.3) is 5.91 Å². The molecule has 0 bridgehead atoms. The van der Waals surface area contributed by atoms with Crippen LogP contribution in [-0.2, 0) is 12.8 Å². The smallest absolute Gasteiger partial charge is 0.276 e. The summed E-state index contributed by atoms with van der Waals surface area (Å²) < 4.78 is 1.79. The van der Waals surface area contributed by atoms with Crippen molar-refractivity contribution in [3.05, 3.63) is 59.1 Å². The number of aryl methyl sites for hydroxylation is 2. The quantitative estimate of drug-likeness (QED) is 0.738. The van der Waals surface area contributed by atoms with Gasteiger partial charge in [0.15, 0.2) is 5.13 Å². The number of aromatic nitrogens is 3. The van der Waals surface area contributed by atoms with Crippen molar-refractivity contribution in [1.82, 2.24) is 14.5 Å². The highest BCUT2D eigenvalue weighted by Crippen LogP contribution is 2.29. The Kier molecular flexibility index (Phi) is 4.13. The molecule has 0 saturated carbocycles. The molecule has 2 aromatic heterocycles. The number of nitrogens with one attached hydrogen (secondary N) is 1. The fraction of sp³-hybridized carbons (Fsp3) is 0.278. The fourth-order valence-electron chi connectivity index (χ4n) is 3.00. The Morgan fingerprint density at radius 2 is 1.96 bits per heavy atom. The lowest BCUT2D eigenvalue weighted by Gasteiger charge is -2.07. The highest BCUT2D eigenvalue weighted by atomic mass is 32.1. The van der Waals surface area contributed by atoms with Crippen LogP contribution in [-0.4, -0.2) is 20.4 Å². The molecule has 1 aromatic carbocycles. The lowest BCUT2D eigenvalue weighted by molar-refractivity contribution is 0.102. The number of hydrogen-bond donors (Lipinski definition) is 1. The van der Waals surface area contributed by atoms with Gasteiger partial charge in [-0.05, 0) is 37.8 Å². The van der Waals surface area contributed by atoms with Gasteiger partial charge in [0.2, 0.25) is 0 Å². The van der Waals surface area contributed by atoms with Crippen molar-refractivity contribution in [2.45, 2.75) is 32.1 Å². The van der Waals surface area contributed by atoms with E-state index in [9.17, 15) is 4.79 Å². The van der Waals surface area contributed by atoms with Crippen molar-refractivity contribution >= 4 is 22.4 Å². The normalized spacial score (nSPS) is 14.0. The SMILES string of the molecule is O=C(Nc1nc2c(s1)CCCCC2)c1cncn1-c1ccccc1. The average molecular weight is 338 g/mol. The van der Waals surface area contributed by atoms with Gasteiger partial charge in [-0.3, -0.25) is 14.7 Å². The van der Waals surface area contributed by atoms with Crippen LogP contribution in [0.5, 0.6) is 0 Å². The monoisotopic (exact) mass is 338 g/mol. The Morgan fingerprint density at radius 3 is 2.83 bits per heavy atom. The lowest BCUT2D eigenvalue weighted by Crippen LogP contribution is -2.16. The number of amides is 1. The highest BCUT2D eigenvalue weighted by molar-refractivity contribution is 7.15. The van der Waals surface area contributed by atoms with Crippen LogP contribution < -0.4 is 5.32 Å². The topological polar surface area (TPSA) is 59.8 Å². The van der Waals surface area contributed by atoms with E-state index in [1.807, 2.05) is 30.3 Å². The van der Waals surface area contributed by atoms with Crippen molar-refractivity contribution in [2.75, 3.05) is 5.32 Å². The third kappa shape index (κ3) is 2.97. The lowest BCUT2D eigenvalue weighted by atomic mass is 10.2. The number of thiazole rings is 1. The first-order valence-electron chi connectivity index (χ1n) is 8.19. The van der Waals surface area contributed by atoms with Crippen LogP contribution in [0.1, 0.15) is 40.3 Å². The number of fused-ring (bicyclic) bond motifs is 1. The van der Waals surface area contributed by atoms with Crippen LogP contribution in [0.4, 0.5) is 5.13 Å². The maximum atomic E-state index is 12.6. The molecule has 5 nitrogen and oxygen atoms in total. The number of anilines is 1. The van der Waals surface area contributed by atoms with Gasteiger partial charge in [0.05, 0.1) is 18.2 Å². The Labute approximate surface area is 144 Å². The largest absolute Gasteiger partial charge is 0.296 e. The molecule has 1 aliphatic rings. The molecule has 0 radical (unpaired) electrons. The Hall–Kier alpha value is -2.47. The zero-order valence-electron chi connectivity index (χ0n) is 13.2. The Balaban J connectivity index is 1.57. The minimum absolute atomic E-state index is 0.180. The Bertz CT molecular complexity index is 830. The average Bonchev–Trinajstić information content (AvgIpc) is 3.18. The van der Waals surface area contributed by atoms with Gasteiger partial charge in [0, 0.05) is 10.6 Å². The molecule has 0 fully saturated rings. The number of hydrogen-bond acceptors (Lipinski definition) is 4. The molecule has 1 N–H and O–H groups in total. The molecule has 0 unspecified atom stereocenters. The van der Waals surface area contributed by atoms with Gasteiger partial charge in [0.1, 0.15) is 5.69 Å². The molecule has 0 atom stereocenters. The molecule has 122 valence electrons. The van der Waals surface area contributed by atoms with Crippen LogP contribution in [0, 0.1) is 0 Å². The van der Waals surface area contributed by atoms with Crippen LogP contribution in [0.3, 0.4) is 0 Å². The number of benzene rings is 1. The van der Waals surface area contributed by atoms with Crippen molar-refractivity contribution in [1.29, 1.82) is 0 Å². The fourth-order valence-corrected chi connectivity index (χ4v) is 4.05. The van der Waals surface area contributed by atoms with Crippen molar-refractivity contribution in [3.63, 3.8) is 0 Å². The van der Waals surface area contributed by atoms with E-state index in [0.717, 1.165) is 24.2 Å². The van der Waals surface area contributed by atoms with Crippen LogP contribution in [0.25, 0.3) is 5.69 Å². The van der Waals surface area contributed by atoms with E-state index in [2.05, 4.69) is 15.3 Å². The summed E-state index contributed by atoms with van der Waals surface area (Å²) in [7, 11) is 0. The predicted octanol–water partition coefficient (Wildman–Crippen LogP) is 3.85.